The minimum absolute atomic E-state index is 0.0581. The Hall–Kier alpha value is -2.91. The molecule has 1 saturated heterocycles. The molecule has 3 rings (SSSR count). The smallest absolute Gasteiger partial charge is 0.338 e. The molecule has 0 unspecified atom stereocenters. The van der Waals surface area contributed by atoms with E-state index in [1.54, 1.807) is 7.05 Å². The number of carbonyl (C=O) groups is 2. The molecule has 0 saturated carbocycles. The first-order valence-corrected chi connectivity index (χ1v) is 13.0. The predicted molar refractivity (Wildman–Crippen MR) is 128 cm³/mol. The fraction of sp³-hybridized carbons (Fsp3) is 0.440. The number of likely N-dealkylation sites (N-methyl/N-ethyl adjacent to an activating group) is 1. The summed E-state index contributed by atoms with van der Waals surface area (Å²) in [5.74, 6) is -0.347. The molecule has 0 bridgehead atoms. The monoisotopic (exact) mass is 488 g/mol. The molecular weight excluding hydrogens is 456 g/mol. The van der Waals surface area contributed by atoms with Gasteiger partial charge in [0.2, 0.25) is 10.0 Å². The molecule has 1 aliphatic rings. The van der Waals surface area contributed by atoms with Crippen LogP contribution in [0.3, 0.4) is 0 Å². The van der Waals surface area contributed by atoms with Crippen molar-refractivity contribution in [3.63, 3.8) is 0 Å². The van der Waals surface area contributed by atoms with E-state index in [1.807, 2.05) is 31.2 Å². The number of rotatable bonds is 9. The van der Waals surface area contributed by atoms with Gasteiger partial charge in [-0.25, -0.2) is 13.2 Å². The molecular formula is C25H32N2O6S. The minimum atomic E-state index is -3.69. The highest BCUT2D eigenvalue weighted by Gasteiger charge is 2.26. The second kappa shape index (κ2) is 12.0. The fourth-order valence-electron chi connectivity index (χ4n) is 3.76. The Bertz CT molecular complexity index is 1080. The van der Waals surface area contributed by atoms with E-state index in [9.17, 15) is 18.0 Å². The Morgan fingerprint density at radius 2 is 1.68 bits per heavy atom. The molecule has 1 heterocycles. The number of amides is 1. The molecule has 0 atom stereocenters. The van der Waals surface area contributed by atoms with E-state index in [1.165, 1.54) is 33.5 Å². The van der Waals surface area contributed by atoms with E-state index >= 15 is 0 Å². The summed E-state index contributed by atoms with van der Waals surface area (Å²) in [6, 6.07) is 13.2. The number of hydrogen-bond acceptors (Lipinski definition) is 6. The Kier molecular flexibility index (Phi) is 9.06. The van der Waals surface area contributed by atoms with Crippen LogP contribution in [0.2, 0.25) is 0 Å². The van der Waals surface area contributed by atoms with Gasteiger partial charge < -0.3 is 14.4 Å². The number of esters is 1. The van der Waals surface area contributed by atoms with Gasteiger partial charge in [0.15, 0.2) is 6.61 Å². The van der Waals surface area contributed by atoms with Gasteiger partial charge in [-0.1, -0.05) is 31.0 Å². The van der Waals surface area contributed by atoms with Crippen LogP contribution < -0.4 is 4.74 Å². The van der Waals surface area contributed by atoms with Crippen molar-refractivity contribution in [2.75, 3.05) is 33.4 Å². The standard InChI is InChI=1S/C25H32N2O6S/c1-3-32-22-13-11-20(12-14-22)18-26(2)24(28)19-33-25(29)21-9-8-10-23(17-21)34(30,31)27-15-6-4-5-7-16-27/h8-14,17H,3-7,15-16,18-19H2,1-2H3. The molecule has 9 heteroatoms. The van der Waals surface area contributed by atoms with Crippen LogP contribution in [0.5, 0.6) is 5.75 Å². The van der Waals surface area contributed by atoms with Crippen LogP contribution in [0.15, 0.2) is 53.4 Å². The average molecular weight is 489 g/mol. The van der Waals surface area contributed by atoms with Crippen molar-refractivity contribution in [2.45, 2.75) is 44.0 Å². The zero-order valence-electron chi connectivity index (χ0n) is 19.7. The summed E-state index contributed by atoms with van der Waals surface area (Å²) in [4.78, 5) is 26.5. The van der Waals surface area contributed by atoms with Gasteiger partial charge in [-0.3, -0.25) is 4.79 Å². The van der Waals surface area contributed by atoms with Crippen molar-refractivity contribution in [1.82, 2.24) is 9.21 Å². The molecule has 1 aliphatic heterocycles. The molecule has 1 fully saturated rings. The van der Waals surface area contributed by atoms with Crippen LogP contribution in [0.4, 0.5) is 0 Å². The summed E-state index contributed by atoms with van der Waals surface area (Å²) in [7, 11) is -2.06. The fourth-order valence-corrected chi connectivity index (χ4v) is 5.32. The van der Waals surface area contributed by atoms with Gasteiger partial charge in [0.25, 0.3) is 5.91 Å². The van der Waals surface area contributed by atoms with Gasteiger partial charge in [-0.05, 0) is 55.7 Å². The maximum Gasteiger partial charge on any atom is 0.338 e. The predicted octanol–water partition coefficient (Wildman–Crippen LogP) is 3.47. The van der Waals surface area contributed by atoms with Crippen molar-refractivity contribution in [3.05, 3.63) is 59.7 Å². The molecule has 0 radical (unpaired) electrons. The number of hydrogen-bond donors (Lipinski definition) is 0. The van der Waals surface area contributed by atoms with Crippen molar-refractivity contribution in [3.8, 4) is 5.75 Å². The van der Waals surface area contributed by atoms with Crippen LogP contribution in [0.25, 0.3) is 0 Å². The van der Waals surface area contributed by atoms with Gasteiger partial charge in [0, 0.05) is 26.7 Å². The molecule has 34 heavy (non-hydrogen) atoms. The lowest BCUT2D eigenvalue weighted by Crippen LogP contribution is -2.32. The molecule has 0 N–H and O–H groups in total. The zero-order valence-corrected chi connectivity index (χ0v) is 20.6. The lowest BCUT2D eigenvalue weighted by molar-refractivity contribution is -0.133. The van der Waals surface area contributed by atoms with Crippen LogP contribution in [0.1, 0.15) is 48.5 Å². The molecule has 1 amide bonds. The Morgan fingerprint density at radius 1 is 1.00 bits per heavy atom. The Morgan fingerprint density at radius 3 is 2.32 bits per heavy atom. The lowest BCUT2D eigenvalue weighted by atomic mass is 10.2. The first kappa shape index (κ1) is 25.7. The normalized spacial score (nSPS) is 14.8. The van der Waals surface area contributed by atoms with Crippen LogP contribution in [0, 0.1) is 0 Å². The number of ether oxygens (including phenoxy) is 2. The third-order valence-electron chi connectivity index (χ3n) is 5.68. The lowest BCUT2D eigenvalue weighted by Gasteiger charge is -2.20. The summed E-state index contributed by atoms with van der Waals surface area (Å²) in [6.45, 7) is 3.36. The molecule has 2 aromatic carbocycles. The first-order chi connectivity index (χ1) is 16.3. The topological polar surface area (TPSA) is 93.2 Å². The van der Waals surface area contributed by atoms with Crippen LogP contribution in [-0.2, 0) is 26.1 Å². The van der Waals surface area contributed by atoms with Gasteiger partial charge in [-0.15, -0.1) is 0 Å². The maximum absolute atomic E-state index is 13.0. The zero-order chi connectivity index (χ0) is 24.6. The molecule has 8 nitrogen and oxygen atoms in total. The largest absolute Gasteiger partial charge is 0.494 e. The summed E-state index contributed by atoms with van der Waals surface area (Å²) in [5, 5.41) is 0. The van der Waals surface area contributed by atoms with Crippen LogP contribution >= 0.6 is 0 Å². The van der Waals surface area contributed by atoms with E-state index in [4.69, 9.17) is 9.47 Å². The highest BCUT2D eigenvalue weighted by atomic mass is 32.2. The van der Waals surface area contributed by atoms with Crippen molar-refractivity contribution >= 4 is 21.9 Å². The van der Waals surface area contributed by atoms with Gasteiger partial charge in [0.1, 0.15) is 5.75 Å². The minimum Gasteiger partial charge on any atom is -0.494 e. The van der Waals surface area contributed by atoms with Gasteiger partial charge in [-0.2, -0.15) is 4.31 Å². The molecule has 0 spiro atoms. The third-order valence-corrected chi connectivity index (χ3v) is 7.57. The van der Waals surface area contributed by atoms with E-state index in [2.05, 4.69) is 0 Å². The van der Waals surface area contributed by atoms with Crippen molar-refractivity contribution in [2.24, 2.45) is 0 Å². The summed E-state index contributed by atoms with van der Waals surface area (Å²) in [5.41, 5.74) is 1.01. The number of carbonyl (C=O) groups excluding carboxylic acids is 2. The molecule has 184 valence electrons. The first-order valence-electron chi connectivity index (χ1n) is 11.5. The van der Waals surface area contributed by atoms with Gasteiger partial charge >= 0.3 is 5.97 Å². The van der Waals surface area contributed by atoms with Crippen molar-refractivity contribution < 1.29 is 27.5 Å². The number of sulfonamides is 1. The summed E-state index contributed by atoms with van der Waals surface area (Å²) >= 11 is 0. The quantitative estimate of drug-likeness (QED) is 0.502. The van der Waals surface area contributed by atoms with E-state index in [-0.39, 0.29) is 16.4 Å². The summed E-state index contributed by atoms with van der Waals surface area (Å²) < 4.78 is 38.1. The maximum atomic E-state index is 13.0. The van der Waals surface area contributed by atoms with E-state index in [0.717, 1.165) is 37.0 Å². The van der Waals surface area contributed by atoms with E-state index in [0.29, 0.717) is 26.2 Å². The van der Waals surface area contributed by atoms with E-state index < -0.39 is 22.6 Å². The number of benzene rings is 2. The van der Waals surface area contributed by atoms with Crippen molar-refractivity contribution in [1.29, 1.82) is 0 Å². The second-order valence-corrected chi connectivity index (χ2v) is 10.2. The number of nitrogens with zero attached hydrogens (tertiary/aromatic N) is 2. The Labute approximate surface area is 201 Å². The molecule has 0 aliphatic carbocycles. The SMILES string of the molecule is CCOc1ccc(CN(C)C(=O)COC(=O)c2cccc(S(=O)(=O)N3CCCCCC3)c2)cc1. The van der Waals surface area contributed by atoms with Crippen LogP contribution in [-0.4, -0.2) is 62.9 Å². The third kappa shape index (κ3) is 6.80. The highest BCUT2D eigenvalue weighted by molar-refractivity contribution is 7.89. The molecule has 0 aromatic heterocycles. The summed E-state index contributed by atoms with van der Waals surface area (Å²) in [6.07, 6.45) is 3.68. The average Bonchev–Trinajstić information content (AvgIpc) is 3.14. The Balaban J connectivity index is 1.57. The molecule has 2 aromatic rings. The second-order valence-electron chi connectivity index (χ2n) is 8.25. The highest BCUT2D eigenvalue weighted by Crippen LogP contribution is 2.21. The van der Waals surface area contributed by atoms with Gasteiger partial charge in [0.05, 0.1) is 17.1 Å².